The zero-order valence-corrected chi connectivity index (χ0v) is 10.4. The van der Waals surface area contributed by atoms with Crippen molar-refractivity contribution in [2.75, 3.05) is 6.61 Å². The van der Waals surface area contributed by atoms with Crippen LogP contribution >= 0.6 is 0 Å². The van der Waals surface area contributed by atoms with E-state index in [0.717, 1.165) is 4.57 Å². The van der Waals surface area contributed by atoms with E-state index in [4.69, 9.17) is 10.3 Å². The maximum absolute atomic E-state index is 14.1. The van der Waals surface area contributed by atoms with Crippen LogP contribution in [0, 0.1) is 6.92 Å². The summed E-state index contributed by atoms with van der Waals surface area (Å²) in [4.78, 5) is 17.7. The normalized spacial score (nSPS) is 32.9. The Bertz CT molecular complexity index is 616. The van der Waals surface area contributed by atoms with Crippen LogP contribution in [-0.2, 0) is 4.74 Å². The van der Waals surface area contributed by atoms with E-state index in [1.807, 2.05) is 0 Å². The highest BCUT2D eigenvalue weighted by molar-refractivity contribution is 5.03. The summed E-state index contributed by atoms with van der Waals surface area (Å²) in [6, 6.07) is 1.45. The first-order valence-electron chi connectivity index (χ1n) is 5.68. The van der Waals surface area contributed by atoms with Crippen LogP contribution in [0.2, 0.25) is 0 Å². The molecule has 1 aromatic rings. The number of halogens is 1. The van der Waals surface area contributed by atoms with Crippen molar-refractivity contribution in [3.63, 3.8) is 0 Å². The van der Waals surface area contributed by atoms with Gasteiger partial charge < -0.3 is 14.9 Å². The molecule has 1 aliphatic heterocycles. The third kappa shape index (κ3) is 2.14. The molecule has 1 fully saturated rings. The quantitative estimate of drug-likeness (QED) is 0.450. The Morgan fingerprint density at radius 1 is 1.75 bits per heavy atom. The van der Waals surface area contributed by atoms with E-state index in [2.05, 4.69) is 15.0 Å². The monoisotopic (exact) mass is 285 g/mol. The van der Waals surface area contributed by atoms with Gasteiger partial charge in [0, 0.05) is 16.8 Å². The van der Waals surface area contributed by atoms with E-state index in [1.165, 1.54) is 12.3 Å². The van der Waals surface area contributed by atoms with Gasteiger partial charge in [-0.2, -0.15) is 4.98 Å². The maximum Gasteiger partial charge on any atom is 0.349 e. The average Bonchev–Trinajstić information content (AvgIpc) is 2.65. The molecule has 1 aromatic heterocycles. The first kappa shape index (κ1) is 14.4. The second kappa shape index (κ2) is 5.17. The summed E-state index contributed by atoms with van der Waals surface area (Å²) >= 11 is 0. The second-order valence-electron chi connectivity index (χ2n) is 4.35. The predicted octanol–water partition coefficient (Wildman–Crippen LogP) is -0.222. The van der Waals surface area contributed by atoms with Crippen LogP contribution in [0.5, 0.6) is 0 Å². The largest absolute Gasteiger partial charge is 0.393 e. The summed E-state index contributed by atoms with van der Waals surface area (Å²) in [5.41, 5.74) is 5.92. The highest BCUT2D eigenvalue weighted by Gasteiger charge is 2.56. The van der Waals surface area contributed by atoms with E-state index in [0.29, 0.717) is 5.69 Å². The molecule has 20 heavy (non-hydrogen) atoms. The fourth-order valence-electron chi connectivity index (χ4n) is 1.97. The minimum Gasteiger partial charge on any atom is -0.393 e. The first-order chi connectivity index (χ1) is 9.45. The number of rotatable bonds is 3. The van der Waals surface area contributed by atoms with E-state index >= 15 is 0 Å². The van der Waals surface area contributed by atoms with Gasteiger partial charge in [-0.25, -0.2) is 9.18 Å². The molecule has 0 aliphatic carbocycles. The van der Waals surface area contributed by atoms with Crippen molar-refractivity contribution in [2.24, 2.45) is 5.11 Å². The van der Waals surface area contributed by atoms with Crippen molar-refractivity contribution in [1.82, 2.24) is 9.55 Å². The van der Waals surface area contributed by atoms with Crippen molar-refractivity contribution in [1.29, 1.82) is 0 Å². The highest BCUT2D eigenvalue weighted by Crippen LogP contribution is 2.39. The number of aliphatic hydroxyl groups is 2. The summed E-state index contributed by atoms with van der Waals surface area (Å²) in [5, 5.41) is 22.1. The van der Waals surface area contributed by atoms with E-state index < -0.39 is 36.5 Å². The lowest BCUT2D eigenvalue weighted by atomic mass is 10.1. The maximum atomic E-state index is 14.1. The molecule has 2 heterocycles. The number of nitrogens with zero attached hydrogens (tertiary/aromatic N) is 5. The number of hydrogen-bond donors (Lipinski definition) is 2. The van der Waals surface area contributed by atoms with Gasteiger partial charge >= 0.3 is 5.69 Å². The zero-order valence-electron chi connectivity index (χ0n) is 10.4. The van der Waals surface area contributed by atoms with Crippen LogP contribution in [0.15, 0.2) is 22.2 Å². The molecule has 0 spiro atoms. The molecule has 2 N–H and O–H groups in total. The van der Waals surface area contributed by atoms with Crippen LogP contribution in [0.1, 0.15) is 11.9 Å². The molecular formula is C10H12FN5O4. The highest BCUT2D eigenvalue weighted by atomic mass is 19.1. The summed E-state index contributed by atoms with van der Waals surface area (Å²) in [5.74, 6) is 0. The van der Waals surface area contributed by atoms with Crippen LogP contribution in [0.3, 0.4) is 0 Å². The smallest absolute Gasteiger partial charge is 0.349 e. The molecule has 1 saturated heterocycles. The van der Waals surface area contributed by atoms with Gasteiger partial charge in [-0.05, 0) is 18.5 Å². The van der Waals surface area contributed by atoms with Crippen LogP contribution < -0.4 is 5.69 Å². The Morgan fingerprint density at radius 2 is 2.45 bits per heavy atom. The van der Waals surface area contributed by atoms with Crippen molar-refractivity contribution >= 4 is 0 Å². The van der Waals surface area contributed by atoms with Gasteiger partial charge in [-0.15, -0.1) is 0 Å². The van der Waals surface area contributed by atoms with E-state index in [1.54, 1.807) is 6.92 Å². The molecule has 0 saturated carbocycles. The lowest BCUT2D eigenvalue weighted by Gasteiger charge is -2.23. The first-order valence-corrected chi connectivity index (χ1v) is 5.68. The molecule has 10 heteroatoms. The van der Waals surface area contributed by atoms with Gasteiger partial charge in [0.05, 0.1) is 6.61 Å². The lowest BCUT2D eigenvalue weighted by Crippen LogP contribution is -2.43. The molecule has 4 atom stereocenters. The Morgan fingerprint density at radius 3 is 3.00 bits per heavy atom. The van der Waals surface area contributed by atoms with Crippen molar-refractivity contribution in [3.05, 3.63) is 38.9 Å². The summed E-state index contributed by atoms with van der Waals surface area (Å²) in [6.07, 6.45) is -4.25. The molecule has 1 aliphatic rings. The molecule has 108 valence electrons. The number of ether oxygens (including phenoxy) is 1. The van der Waals surface area contributed by atoms with Crippen LogP contribution in [0.4, 0.5) is 4.39 Å². The van der Waals surface area contributed by atoms with Crippen LogP contribution in [0.25, 0.3) is 10.4 Å². The van der Waals surface area contributed by atoms with Gasteiger partial charge in [0.2, 0.25) is 5.72 Å². The van der Waals surface area contributed by atoms with Gasteiger partial charge in [-0.3, -0.25) is 4.57 Å². The number of aryl methyl sites for hydroxylation is 1. The van der Waals surface area contributed by atoms with Crippen LogP contribution in [-0.4, -0.2) is 44.4 Å². The Labute approximate surface area is 111 Å². The minimum atomic E-state index is -2.16. The molecule has 0 radical (unpaired) electrons. The zero-order chi connectivity index (χ0) is 14.9. The molecule has 9 nitrogen and oxygen atoms in total. The third-order valence-corrected chi connectivity index (χ3v) is 3.04. The number of aliphatic hydroxyl groups excluding tert-OH is 2. The molecule has 0 bridgehead atoms. The Kier molecular flexibility index (Phi) is 3.73. The minimum absolute atomic E-state index is 0.434. The molecular weight excluding hydrogens is 273 g/mol. The van der Waals surface area contributed by atoms with Gasteiger partial charge in [0.25, 0.3) is 0 Å². The fourth-order valence-corrected chi connectivity index (χ4v) is 1.97. The Hall–Kier alpha value is -2.00. The van der Waals surface area contributed by atoms with E-state index in [-0.39, 0.29) is 0 Å². The van der Waals surface area contributed by atoms with Gasteiger partial charge in [0.15, 0.2) is 12.4 Å². The molecule has 0 amide bonds. The number of aromatic nitrogens is 2. The van der Waals surface area contributed by atoms with Crippen molar-refractivity contribution in [2.45, 2.75) is 31.2 Å². The molecule has 0 aromatic carbocycles. The third-order valence-electron chi connectivity index (χ3n) is 3.04. The summed E-state index contributed by atoms with van der Waals surface area (Å²) < 4.78 is 20.0. The van der Waals surface area contributed by atoms with Crippen molar-refractivity contribution < 1.29 is 19.3 Å². The number of alkyl halides is 1. The second-order valence-corrected chi connectivity index (χ2v) is 4.35. The fraction of sp³-hybridized carbons (Fsp3) is 0.600. The summed E-state index contributed by atoms with van der Waals surface area (Å²) in [6.45, 7) is 0.657. The lowest BCUT2D eigenvalue weighted by molar-refractivity contribution is -0.124. The molecule has 2 rings (SSSR count). The summed E-state index contributed by atoms with van der Waals surface area (Å²) in [7, 11) is 0. The SMILES string of the molecule is Cc1ccn(C2OC(CO)(N=[N+]=[N-])C(O)C2F)c(=O)n1. The predicted molar refractivity (Wildman–Crippen MR) is 63.2 cm³/mol. The standard InChI is InChI=1S/C10H12FN5O4/c1-5-2-3-16(9(19)13-5)8-6(11)7(18)10(4-17,20-8)14-15-12/h2-3,6-8,17-18H,4H2,1H3. The van der Waals surface area contributed by atoms with E-state index in [9.17, 15) is 19.4 Å². The Balaban J connectivity index is 2.45. The van der Waals surface area contributed by atoms with Crippen molar-refractivity contribution in [3.8, 4) is 0 Å². The number of hydrogen-bond acceptors (Lipinski definition) is 6. The molecule has 4 unspecified atom stereocenters. The topological polar surface area (TPSA) is 133 Å². The number of azide groups is 1. The average molecular weight is 285 g/mol. The van der Waals surface area contributed by atoms with Gasteiger partial charge in [-0.1, -0.05) is 5.11 Å². The van der Waals surface area contributed by atoms with Gasteiger partial charge in [0.1, 0.15) is 6.10 Å².